The monoisotopic (exact) mass is 780 g/mol. The van der Waals surface area contributed by atoms with Crippen LogP contribution in [-0.4, -0.2) is 115 Å². The molecular weight excluding hydrogens is 710 g/mol. The summed E-state index contributed by atoms with van der Waals surface area (Å²) in [6, 6.07) is 1.45. The Balaban J connectivity index is -0.000000548. The molecule has 316 valence electrons. The first-order valence-electron chi connectivity index (χ1n) is 18.2. The first-order chi connectivity index (χ1) is 26.1. The molecule has 19 nitrogen and oxygen atoms in total. The Morgan fingerprint density at radius 2 is 1.41 bits per heavy atom. The van der Waals surface area contributed by atoms with E-state index in [0.29, 0.717) is 65.6 Å². The van der Waals surface area contributed by atoms with Crippen LogP contribution in [0.2, 0.25) is 0 Å². The number of carbonyl (C=O) groups excluding carboxylic acids is 3. The Bertz CT molecular complexity index is 1100. The van der Waals surface area contributed by atoms with Crippen LogP contribution in [0.4, 0.5) is 10.5 Å². The van der Waals surface area contributed by atoms with Crippen LogP contribution in [0.25, 0.3) is 0 Å². The Morgan fingerprint density at radius 3 is 1.85 bits per heavy atom. The van der Waals surface area contributed by atoms with E-state index in [4.69, 9.17) is 51.4 Å². The van der Waals surface area contributed by atoms with Crippen molar-refractivity contribution < 1.29 is 52.5 Å². The van der Waals surface area contributed by atoms with E-state index in [1.165, 1.54) is 27.2 Å². The average Bonchev–Trinajstić information content (AvgIpc) is 3.18. The van der Waals surface area contributed by atoms with E-state index in [9.17, 15) is 24.5 Å². The highest BCUT2D eigenvalue weighted by Gasteiger charge is 2.28. The standard InChI is InChI=1S/C21H31N5O9.C8H20N2O3.3C2H6/c1-13(35-21(29)25-15(19(28)33-3)7-6-8-24-20(22)23)14-11-17(32-2)18(12-16(14)26(30)31)34-10-5-4-9-27;9-1-3-11-5-7-13-8-6-12-4-2-10;3*1-2/h9,11-13,15H,4-8,10H2,1-3H3,(H,25,29)(H4,22,23,24);1-10H2;3*1-2H3. The molecule has 0 radical (unpaired) electrons. The van der Waals surface area contributed by atoms with Crippen LogP contribution in [0.5, 0.6) is 11.5 Å². The van der Waals surface area contributed by atoms with Crippen molar-refractivity contribution in [2.75, 3.05) is 80.1 Å². The lowest BCUT2D eigenvalue weighted by atomic mass is 10.1. The number of nitrogens with zero attached hydrogens (tertiary/aromatic N) is 2. The molecular formula is C35H69N7O12. The molecule has 0 aliphatic rings. The number of nitro groups is 1. The molecule has 0 aromatic heterocycles. The number of ether oxygens (including phenoxy) is 7. The first kappa shape index (κ1) is 56.4. The highest BCUT2D eigenvalue weighted by Crippen LogP contribution is 2.38. The number of amides is 1. The number of alkyl carbamates (subject to hydrolysis) is 1. The van der Waals surface area contributed by atoms with Gasteiger partial charge in [0.25, 0.3) is 5.69 Å². The van der Waals surface area contributed by atoms with E-state index in [0.717, 1.165) is 12.4 Å². The number of aldehydes is 1. The number of carbonyl (C=O) groups is 3. The second-order valence-corrected chi connectivity index (χ2v) is 9.61. The number of rotatable bonds is 25. The van der Waals surface area contributed by atoms with Gasteiger partial charge in [0.1, 0.15) is 18.4 Å². The number of nitrogens with one attached hydrogen (secondary N) is 1. The SMILES string of the molecule is CC.CC.CC.COC(=O)C(CCCN=C(N)N)NC(=O)OC(C)c1cc(OC)c(OCCCC=O)cc1[N+](=O)[O-].NCCOCCOCCOCCN. The van der Waals surface area contributed by atoms with Gasteiger partial charge in [-0.05, 0) is 32.3 Å². The number of guanidine groups is 1. The van der Waals surface area contributed by atoms with Crippen molar-refractivity contribution in [2.45, 2.75) is 86.3 Å². The third kappa shape index (κ3) is 30.2. The van der Waals surface area contributed by atoms with E-state index in [1.54, 1.807) is 0 Å². The predicted molar refractivity (Wildman–Crippen MR) is 209 cm³/mol. The van der Waals surface area contributed by atoms with Crippen LogP contribution < -0.4 is 37.7 Å². The lowest BCUT2D eigenvalue weighted by molar-refractivity contribution is -0.386. The number of hydrogen-bond acceptors (Lipinski definition) is 15. The maximum Gasteiger partial charge on any atom is 0.408 e. The number of nitro benzene ring substituents is 1. The minimum atomic E-state index is -1.09. The molecule has 54 heavy (non-hydrogen) atoms. The number of unbranched alkanes of at least 4 members (excludes halogenated alkanes) is 1. The molecule has 0 heterocycles. The molecule has 2 unspecified atom stereocenters. The molecule has 0 fully saturated rings. The fourth-order valence-corrected chi connectivity index (χ4v) is 3.67. The molecule has 0 spiro atoms. The van der Waals surface area contributed by atoms with Gasteiger partial charge in [-0.25, -0.2) is 9.59 Å². The smallest absolute Gasteiger partial charge is 0.408 e. The van der Waals surface area contributed by atoms with Crippen molar-refractivity contribution in [1.29, 1.82) is 0 Å². The number of nitrogens with two attached hydrogens (primary N) is 4. The lowest BCUT2D eigenvalue weighted by Crippen LogP contribution is -2.42. The zero-order valence-corrected chi connectivity index (χ0v) is 33.9. The second kappa shape index (κ2) is 41.5. The topological polar surface area (TPSA) is 287 Å². The lowest BCUT2D eigenvalue weighted by Gasteiger charge is -2.20. The predicted octanol–water partition coefficient (Wildman–Crippen LogP) is 3.38. The second-order valence-electron chi connectivity index (χ2n) is 9.61. The number of hydrogen-bond donors (Lipinski definition) is 5. The maximum absolute atomic E-state index is 12.4. The van der Waals surface area contributed by atoms with E-state index in [1.807, 2.05) is 41.5 Å². The van der Waals surface area contributed by atoms with E-state index < -0.39 is 29.1 Å². The average molecular weight is 780 g/mol. The van der Waals surface area contributed by atoms with Gasteiger partial charge in [0, 0.05) is 26.1 Å². The van der Waals surface area contributed by atoms with Crippen molar-refractivity contribution in [2.24, 2.45) is 27.9 Å². The maximum atomic E-state index is 12.4. The molecule has 1 aromatic rings. The van der Waals surface area contributed by atoms with E-state index >= 15 is 0 Å². The van der Waals surface area contributed by atoms with Gasteiger partial charge in [-0.2, -0.15) is 0 Å². The summed E-state index contributed by atoms with van der Waals surface area (Å²) in [5.41, 5.74) is 20.6. The van der Waals surface area contributed by atoms with Crippen LogP contribution in [-0.2, 0) is 33.3 Å². The Labute approximate surface area is 321 Å². The van der Waals surface area contributed by atoms with Gasteiger partial charge >= 0.3 is 12.1 Å². The van der Waals surface area contributed by atoms with Crippen molar-refractivity contribution in [3.05, 3.63) is 27.8 Å². The number of methoxy groups -OCH3 is 2. The largest absolute Gasteiger partial charge is 0.493 e. The molecule has 2 atom stereocenters. The van der Waals surface area contributed by atoms with Crippen LogP contribution in [0.1, 0.15) is 85.8 Å². The molecule has 0 bridgehead atoms. The third-order valence-corrected chi connectivity index (χ3v) is 5.95. The zero-order chi connectivity index (χ0) is 42.2. The number of benzene rings is 1. The Hall–Kier alpha value is -4.30. The van der Waals surface area contributed by atoms with Gasteiger partial charge in [0.2, 0.25) is 0 Å². The summed E-state index contributed by atoms with van der Waals surface area (Å²) in [6.45, 7) is 18.5. The highest BCUT2D eigenvalue weighted by molar-refractivity contribution is 5.81. The quantitative estimate of drug-likeness (QED) is 0.0181. The fraction of sp³-hybridized carbons (Fsp3) is 0.714. The van der Waals surface area contributed by atoms with Gasteiger partial charge in [-0.3, -0.25) is 15.1 Å². The third-order valence-electron chi connectivity index (χ3n) is 5.95. The molecule has 0 saturated heterocycles. The Morgan fingerprint density at radius 1 is 0.870 bits per heavy atom. The van der Waals surface area contributed by atoms with E-state index in [2.05, 4.69) is 15.0 Å². The summed E-state index contributed by atoms with van der Waals surface area (Å²) in [6.07, 6.45) is -0.101. The molecule has 0 saturated carbocycles. The Kier molecular flexibility index (Phi) is 43.3. The van der Waals surface area contributed by atoms with Crippen molar-refractivity contribution in [1.82, 2.24) is 5.32 Å². The van der Waals surface area contributed by atoms with Crippen molar-refractivity contribution in [3.8, 4) is 11.5 Å². The molecule has 1 aromatic carbocycles. The normalized spacial score (nSPS) is 10.6. The van der Waals surface area contributed by atoms with Crippen molar-refractivity contribution >= 4 is 30.0 Å². The van der Waals surface area contributed by atoms with Gasteiger partial charge in [0.15, 0.2) is 17.5 Å². The fourth-order valence-electron chi connectivity index (χ4n) is 3.67. The van der Waals surface area contributed by atoms with Crippen LogP contribution >= 0.6 is 0 Å². The minimum absolute atomic E-state index is 0.0459. The van der Waals surface area contributed by atoms with Gasteiger partial charge in [-0.15, -0.1) is 0 Å². The summed E-state index contributed by atoms with van der Waals surface area (Å²) in [7, 11) is 2.52. The van der Waals surface area contributed by atoms with Gasteiger partial charge in [-0.1, -0.05) is 41.5 Å². The van der Waals surface area contributed by atoms with Crippen molar-refractivity contribution in [3.63, 3.8) is 0 Å². The molecule has 1 rings (SSSR count). The minimum Gasteiger partial charge on any atom is -0.493 e. The van der Waals surface area contributed by atoms with Crippen LogP contribution in [0.3, 0.4) is 0 Å². The zero-order valence-electron chi connectivity index (χ0n) is 33.9. The summed E-state index contributed by atoms with van der Waals surface area (Å²) in [4.78, 5) is 49.7. The number of esters is 1. The molecule has 0 aliphatic carbocycles. The summed E-state index contributed by atoms with van der Waals surface area (Å²) in [5, 5.41) is 14.0. The number of aliphatic imine (C=N–C) groups is 1. The van der Waals surface area contributed by atoms with Crippen LogP contribution in [0.15, 0.2) is 17.1 Å². The first-order valence-corrected chi connectivity index (χ1v) is 18.2. The highest BCUT2D eigenvalue weighted by atomic mass is 16.6. The van der Waals surface area contributed by atoms with E-state index in [-0.39, 0.29) is 54.7 Å². The molecule has 19 heteroatoms. The van der Waals surface area contributed by atoms with Gasteiger partial charge in [0.05, 0.1) is 77.0 Å². The van der Waals surface area contributed by atoms with Gasteiger partial charge < -0.3 is 66.2 Å². The molecule has 0 aliphatic heterocycles. The summed E-state index contributed by atoms with van der Waals surface area (Å²) in [5.74, 6) is -0.519. The summed E-state index contributed by atoms with van der Waals surface area (Å²) < 4.78 is 36.1. The molecule has 9 N–H and O–H groups in total. The summed E-state index contributed by atoms with van der Waals surface area (Å²) >= 11 is 0. The molecule has 1 amide bonds. The van der Waals surface area contributed by atoms with Crippen LogP contribution in [0, 0.1) is 10.1 Å².